The third-order valence-electron chi connectivity index (χ3n) is 6.87. The van der Waals surface area contributed by atoms with Crippen molar-refractivity contribution >= 4 is 11.6 Å². The number of nitrogens with zero attached hydrogens (tertiary/aromatic N) is 2. The monoisotopic (exact) mass is 372 g/mol. The number of carbonyl (C=O) groups is 1. The fraction of sp³-hybridized carbons (Fsp3) is 0.682. The van der Waals surface area contributed by atoms with Gasteiger partial charge in [-0.25, -0.2) is 0 Å². The number of piperazine rings is 1. The molecule has 27 heavy (non-hydrogen) atoms. The molecule has 2 heterocycles. The maximum atomic E-state index is 13.0. The van der Waals surface area contributed by atoms with Gasteiger partial charge in [0.05, 0.1) is 33.3 Å². The van der Waals surface area contributed by atoms with Crippen molar-refractivity contribution in [2.24, 2.45) is 5.92 Å². The Balaban J connectivity index is 1.28. The van der Waals surface area contributed by atoms with Gasteiger partial charge in [0.25, 0.3) is 5.91 Å². The molecule has 3 aliphatic rings. The number of fused-ring (bicyclic) bond motifs is 1. The molecule has 0 radical (unpaired) electrons. The number of nitrogens with one attached hydrogen (secondary N) is 1. The van der Waals surface area contributed by atoms with Gasteiger partial charge in [0.1, 0.15) is 5.75 Å². The van der Waals surface area contributed by atoms with Gasteiger partial charge >= 0.3 is 0 Å². The molecule has 0 spiro atoms. The molecular weight excluding hydrogens is 338 g/mol. The van der Waals surface area contributed by atoms with E-state index in [1.54, 1.807) is 7.11 Å². The van der Waals surface area contributed by atoms with Crippen molar-refractivity contribution in [2.45, 2.75) is 44.6 Å². The topological polar surface area (TPSA) is 37.2 Å². The minimum absolute atomic E-state index is 0.402. The Morgan fingerprint density at radius 1 is 1.04 bits per heavy atom. The van der Waals surface area contributed by atoms with Crippen LogP contribution >= 0.6 is 0 Å². The van der Waals surface area contributed by atoms with E-state index >= 15 is 0 Å². The minimum Gasteiger partial charge on any atom is -0.497 e. The van der Waals surface area contributed by atoms with Crippen molar-refractivity contribution in [1.29, 1.82) is 0 Å². The van der Waals surface area contributed by atoms with E-state index in [1.807, 2.05) is 12.1 Å². The molecule has 1 amide bonds. The summed E-state index contributed by atoms with van der Waals surface area (Å²) in [4.78, 5) is 19.1. The number of benzene rings is 1. The summed E-state index contributed by atoms with van der Waals surface area (Å²) in [5.74, 6) is 2.08. The van der Waals surface area contributed by atoms with Gasteiger partial charge in [-0.05, 0) is 55.9 Å². The minimum atomic E-state index is 0.402. The Labute approximate surface area is 163 Å². The first-order valence-electron chi connectivity index (χ1n) is 10.8. The lowest BCUT2D eigenvalue weighted by molar-refractivity contribution is -0.892. The zero-order chi connectivity index (χ0) is 18.6. The van der Waals surface area contributed by atoms with E-state index in [0.29, 0.717) is 18.5 Å². The third-order valence-corrected chi connectivity index (χ3v) is 6.87. The average Bonchev–Trinajstić information content (AvgIpc) is 2.74. The summed E-state index contributed by atoms with van der Waals surface area (Å²) in [5, 5.41) is 0. The van der Waals surface area contributed by atoms with Gasteiger partial charge in [-0.2, -0.15) is 0 Å². The number of amides is 1. The first-order valence-corrected chi connectivity index (χ1v) is 10.8. The molecule has 1 aliphatic carbocycles. The number of quaternary nitrogens is 1. The smallest absolute Gasteiger partial charge is 0.278 e. The van der Waals surface area contributed by atoms with Gasteiger partial charge in [-0.3, -0.25) is 4.79 Å². The molecule has 4 rings (SSSR count). The highest BCUT2D eigenvalue weighted by atomic mass is 16.5. The van der Waals surface area contributed by atoms with Crippen molar-refractivity contribution in [3.8, 4) is 5.75 Å². The number of rotatable bonds is 4. The van der Waals surface area contributed by atoms with Gasteiger partial charge in [0.2, 0.25) is 0 Å². The van der Waals surface area contributed by atoms with Crippen LogP contribution in [0.25, 0.3) is 0 Å². The molecule has 148 valence electrons. The molecule has 1 saturated carbocycles. The molecule has 2 saturated heterocycles. The van der Waals surface area contributed by atoms with Crippen LogP contribution in [0.5, 0.6) is 5.75 Å². The number of piperidine rings is 1. The van der Waals surface area contributed by atoms with Crippen molar-refractivity contribution in [3.05, 3.63) is 24.3 Å². The van der Waals surface area contributed by atoms with Crippen LogP contribution in [0.4, 0.5) is 5.69 Å². The largest absolute Gasteiger partial charge is 0.497 e. The second-order valence-electron chi connectivity index (χ2n) is 8.45. The summed E-state index contributed by atoms with van der Waals surface area (Å²) in [6.45, 7) is 5.78. The highest BCUT2D eigenvalue weighted by Gasteiger charge is 2.37. The second-order valence-corrected chi connectivity index (χ2v) is 8.45. The molecule has 3 fully saturated rings. The van der Waals surface area contributed by atoms with Crippen molar-refractivity contribution < 1.29 is 14.4 Å². The van der Waals surface area contributed by atoms with E-state index in [-0.39, 0.29) is 0 Å². The Kier molecular flexibility index (Phi) is 5.86. The number of hydrogen-bond acceptors (Lipinski definition) is 3. The Morgan fingerprint density at radius 2 is 1.74 bits per heavy atom. The van der Waals surface area contributed by atoms with Crippen LogP contribution in [0, 0.1) is 5.92 Å². The Bertz CT molecular complexity index is 623. The third kappa shape index (κ3) is 4.23. The Morgan fingerprint density at radius 3 is 2.48 bits per heavy atom. The van der Waals surface area contributed by atoms with Crippen molar-refractivity contribution in [1.82, 2.24) is 4.90 Å². The number of methoxy groups -OCH3 is 1. The van der Waals surface area contributed by atoms with Crippen molar-refractivity contribution in [2.75, 3.05) is 51.3 Å². The fourth-order valence-corrected chi connectivity index (χ4v) is 5.30. The first kappa shape index (κ1) is 18.6. The van der Waals surface area contributed by atoms with E-state index < -0.39 is 0 Å². The molecule has 5 heteroatoms. The van der Waals surface area contributed by atoms with Crippen LogP contribution in [0.15, 0.2) is 24.3 Å². The maximum absolute atomic E-state index is 13.0. The maximum Gasteiger partial charge on any atom is 0.278 e. The molecule has 2 atom stereocenters. The molecule has 0 bridgehead atoms. The SMILES string of the molecule is COc1ccc(N2CC[NH+](CC(=O)N3CCC[C@@H]4CCCC[C@@H]43)CC2)cc1. The predicted molar refractivity (Wildman–Crippen MR) is 107 cm³/mol. The number of carbonyl (C=O) groups excluding carboxylic acids is 1. The van der Waals surface area contributed by atoms with E-state index in [1.165, 1.54) is 49.1 Å². The van der Waals surface area contributed by atoms with Gasteiger partial charge in [-0.1, -0.05) is 12.8 Å². The number of hydrogen-bond donors (Lipinski definition) is 1. The van der Waals surface area contributed by atoms with Crippen molar-refractivity contribution in [3.63, 3.8) is 0 Å². The summed E-state index contributed by atoms with van der Waals surface area (Å²) < 4.78 is 5.25. The standard InChI is InChI=1S/C22H33N3O2/c1-27-20-10-8-19(9-11-20)24-15-13-23(14-16-24)17-22(26)25-12-4-6-18-5-2-3-7-21(18)25/h8-11,18,21H,2-7,12-17H2,1H3/p+1/t18-,21-/m0/s1. The number of likely N-dealkylation sites (tertiary alicyclic amines) is 1. The van der Waals surface area contributed by atoms with Crippen LogP contribution in [0.3, 0.4) is 0 Å². The first-order chi connectivity index (χ1) is 13.2. The van der Waals surface area contributed by atoms with E-state index in [4.69, 9.17) is 4.74 Å². The number of anilines is 1. The summed E-state index contributed by atoms with van der Waals surface area (Å²) in [5.41, 5.74) is 1.25. The summed E-state index contributed by atoms with van der Waals surface area (Å²) >= 11 is 0. The lowest BCUT2D eigenvalue weighted by Crippen LogP contribution is -3.16. The molecule has 0 aromatic heterocycles. The number of ether oxygens (including phenoxy) is 1. The van der Waals surface area contributed by atoms with Gasteiger partial charge in [0, 0.05) is 18.3 Å². The molecule has 5 nitrogen and oxygen atoms in total. The molecule has 1 aromatic rings. The fourth-order valence-electron chi connectivity index (χ4n) is 5.30. The molecule has 1 N–H and O–H groups in total. The molecule has 1 aromatic carbocycles. The van der Waals surface area contributed by atoms with Gasteiger partial charge in [0.15, 0.2) is 6.54 Å². The van der Waals surface area contributed by atoms with Crippen LogP contribution in [0.1, 0.15) is 38.5 Å². The summed E-state index contributed by atoms with van der Waals surface area (Å²) in [6, 6.07) is 8.85. The normalized spacial score (nSPS) is 26.6. The lowest BCUT2D eigenvalue weighted by atomic mass is 9.78. The van der Waals surface area contributed by atoms with Gasteiger partial charge < -0.3 is 19.4 Å². The summed E-state index contributed by atoms with van der Waals surface area (Å²) in [6.07, 6.45) is 7.77. The van der Waals surface area contributed by atoms with Gasteiger partial charge in [-0.15, -0.1) is 0 Å². The molecule has 0 unspecified atom stereocenters. The highest BCUT2D eigenvalue weighted by molar-refractivity contribution is 5.77. The van der Waals surface area contributed by atoms with E-state index in [0.717, 1.165) is 44.4 Å². The van der Waals surface area contributed by atoms with Crippen LogP contribution in [-0.2, 0) is 4.79 Å². The second kappa shape index (κ2) is 8.51. The quantitative estimate of drug-likeness (QED) is 0.872. The molecular formula is C22H34N3O2+. The van der Waals surface area contributed by atoms with Crippen LogP contribution in [0.2, 0.25) is 0 Å². The Hall–Kier alpha value is -1.75. The summed E-state index contributed by atoms with van der Waals surface area (Å²) in [7, 11) is 1.70. The lowest BCUT2D eigenvalue weighted by Gasteiger charge is -2.44. The van der Waals surface area contributed by atoms with Crippen LogP contribution in [-0.4, -0.2) is 63.2 Å². The van der Waals surface area contributed by atoms with E-state index in [2.05, 4.69) is 21.9 Å². The zero-order valence-electron chi connectivity index (χ0n) is 16.7. The zero-order valence-corrected chi connectivity index (χ0v) is 16.7. The predicted octanol–water partition coefficient (Wildman–Crippen LogP) is 1.58. The molecule has 2 aliphatic heterocycles. The van der Waals surface area contributed by atoms with Crippen LogP contribution < -0.4 is 14.5 Å². The average molecular weight is 373 g/mol. The highest BCUT2D eigenvalue weighted by Crippen LogP contribution is 2.35. The van der Waals surface area contributed by atoms with E-state index in [9.17, 15) is 4.79 Å².